The Hall–Kier alpha value is -2.05. The van der Waals surface area contributed by atoms with E-state index in [4.69, 9.17) is 9.47 Å². The molecule has 1 fully saturated rings. The lowest BCUT2D eigenvalue weighted by Crippen LogP contribution is -2.33. The fourth-order valence-corrected chi connectivity index (χ4v) is 4.28. The molecule has 0 aromatic heterocycles. The van der Waals surface area contributed by atoms with Crippen LogP contribution in [0.2, 0.25) is 0 Å². The van der Waals surface area contributed by atoms with Gasteiger partial charge in [-0.1, -0.05) is 22.0 Å². The third-order valence-electron chi connectivity index (χ3n) is 5.12. The van der Waals surface area contributed by atoms with Crippen molar-refractivity contribution >= 4 is 27.5 Å². The molecule has 0 aliphatic carbocycles. The van der Waals surface area contributed by atoms with Crippen LogP contribution in [0.4, 0.5) is 5.69 Å². The Morgan fingerprint density at radius 1 is 1.19 bits per heavy atom. The van der Waals surface area contributed by atoms with Crippen molar-refractivity contribution in [2.24, 2.45) is 0 Å². The second-order valence-electron chi connectivity index (χ2n) is 7.04. The summed E-state index contributed by atoms with van der Waals surface area (Å²) in [6.07, 6.45) is 2.13. The number of rotatable bonds is 4. The minimum absolute atomic E-state index is 0.0184. The number of hydrogen-bond acceptors (Lipinski definition) is 4. The molecule has 4 rings (SSSR count). The Labute approximate surface area is 167 Å². The highest BCUT2D eigenvalue weighted by molar-refractivity contribution is 9.10. The molecule has 1 N–H and O–H groups in total. The zero-order valence-electron chi connectivity index (χ0n) is 15.3. The van der Waals surface area contributed by atoms with Crippen LogP contribution in [-0.2, 0) is 4.79 Å². The Morgan fingerprint density at radius 2 is 2.00 bits per heavy atom. The first-order valence-electron chi connectivity index (χ1n) is 9.30. The van der Waals surface area contributed by atoms with E-state index >= 15 is 0 Å². The fraction of sp³-hybridized carbons (Fsp3) is 0.381. The van der Waals surface area contributed by atoms with Gasteiger partial charge in [-0.15, -0.1) is 0 Å². The molecule has 2 aliphatic heterocycles. The van der Waals surface area contributed by atoms with Crippen LogP contribution in [-0.4, -0.2) is 37.1 Å². The molecule has 6 heteroatoms. The van der Waals surface area contributed by atoms with Gasteiger partial charge in [-0.2, -0.15) is 0 Å². The fourth-order valence-electron chi connectivity index (χ4n) is 3.80. The number of fused-ring (bicyclic) bond motifs is 1. The van der Waals surface area contributed by atoms with Crippen molar-refractivity contribution in [1.29, 1.82) is 0 Å². The van der Waals surface area contributed by atoms with Crippen LogP contribution < -0.4 is 14.8 Å². The maximum Gasteiger partial charge on any atom is 0.238 e. The average Bonchev–Trinajstić information content (AvgIpc) is 3.11. The Balaban J connectivity index is 1.44. The molecule has 5 nitrogen and oxygen atoms in total. The van der Waals surface area contributed by atoms with Crippen molar-refractivity contribution in [3.63, 3.8) is 0 Å². The van der Waals surface area contributed by atoms with E-state index in [0.717, 1.165) is 46.6 Å². The van der Waals surface area contributed by atoms with Gasteiger partial charge in [0.2, 0.25) is 5.91 Å². The number of likely N-dealkylation sites (tertiary alicyclic amines) is 1. The van der Waals surface area contributed by atoms with E-state index in [1.54, 1.807) is 0 Å². The highest BCUT2D eigenvalue weighted by Gasteiger charge is 2.28. The smallest absolute Gasteiger partial charge is 0.238 e. The Bertz CT molecular complexity index is 855. The number of nitrogens with zero attached hydrogens (tertiary/aromatic N) is 1. The van der Waals surface area contributed by atoms with Crippen LogP contribution in [0.1, 0.15) is 30.0 Å². The second kappa shape index (κ2) is 7.90. The minimum atomic E-state index is 0.0184. The van der Waals surface area contributed by atoms with Crippen LogP contribution >= 0.6 is 15.9 Å². The van der Waals surface area contributed by atoms with E-state index < -0.39 is 0 Å². The summed E-state index contributed by atoms with van der Waals surface area (Å²) in [5.74, 6) is 1.63. The summed E-state index contributed by atoms with van der Waals surface area (Å²) in [7, 11) is 0. The molecule has 0 saturated carbocycles. The van der Waals surface area contributed by atoms with Crippen molar-refractivity contribution in [2.75, 3.05) is 31.6 Å². The molecule has 0 spiro atoms. The first kappa shape index (κ1) is 18.3. The Morgan fingerprint density at radius 3 is 2.81 bits per heavy atom. The Kier molecular flexibility index (Phi) is 5.36. The van der Waals surface area contributed by atoms with Gasteiger partial charge >= 0.3 is 0 Å². The van der Waals surface area contributed by atoms with Gasteiger partial charge in [0.15, 0.2) is 11.5 Å². The molecule has 1 atom stereocenters. The molecule has 0 radical (unpaired) electrons. The van der Waals surface area contributed by atoms with Gasteiger partial charge in [0.25, 0.3) is 0 Å². The van der Waals surface area contributed by atoms with E-state index in [-0.39, 0.29) is 11.9 Å². The molecule has 27 heavy (non-hydrogen) atoms. The summed E-state index contributed by atoms with van der Waals surface area (Å²) < 4.78 is 12.3. The number of carbonyl (C=O) groups excluding carboxylic acids is 1. The number of nitrogens with one attached hydrogen (secondary N) is 1. The molecule has 142 valence electrons. The monoisotopic (exact) mass is 430 g/mol. The summed E-state index contributed by atoms with van der Waals surface area (Å²) in [5, 5.41) is 3.04. The molecular formula is C21H23BrN2O3. The summed E-state index contributed by atoms with van der Waals surface area (Å²) in [6, 6.07) is 12.2. The van der Waals surface area contributed by atoms with Gasteiger partial charge < -0.3 is 14.8 Å². The predicted octanol–water partition coefficient (Wildman–Crippen LogP) is 4.30. The van der Waals surface area contributed by atoms with Crippen molar-refractivity contribution in [3.8, 4) is 11.5 Å². The summed E-state index contributed by atoms with van der Waals surface area (Å²) in [6.45, 7) is 4.48. The van der Waals surface area contributed by atoms with E-state index in [9.17, 15) is 4.79 Å². The number of ether oxygens (including phenoxy) is 2. The molecule has 1 amide bonds. The van der Waals surface area contributed by atoms with Crippen molar-refractivity contribution in [1.82, 2.24) is 4.90 Å². The largest absolute Gasteiger partial charge is 0.486 e. The lowest BCUT2D eigenvalue weighted by Gasteiger charge is -2.26. The third-order valence-corrected chi connectivity index (χ3v) is 5.62. The zero-order chi connectivity index (χ0) is 18.8. The van der Waals surface area contributed by atoms with Crippen molar-refractivity contribution in [2.45, 2.75) is 25.8 Å². The average molecular weight is 431 g/mol. The van der Waals surface area contributed by atoms with Crippen LogP contribution in [0.3, 0.4) is 0 Å². The van der Waals surface area contributed by atoms with Crippen LogP contribution in [0.15, 0.2) is 40.9 Å². The first-order chi connectivity index (χ1) is 13.1. The predicted molar refractivity (Wildman–Crippen MR) is 108 cm³/mol. The van der Waals surface area contributed by atoms with Crippen molar-refractivity contribution in [3.05, 3.63) is 52.0 Å². The summed E-state index contributed by atoms with van der Waals surface area (Å²) in [4.78, 5) is 14.9. The SMILES string of the molecule is Cc1cc(Br)ccc1NC(=O)CN1CCCC1c1ccc2c(c1)OCCO2. The maximum absolute atomic E-state index is 12.6. The quantitative estimate of drug-likeness (QED) is 0.784. The second-order valence-corrected chi connectivity index (χ2v) is 7.95. The molecule has 0 bridgehead atoms. The number of anilines is 1. The molecule has 1 saturated heterocycles. The summed E-state index contributed by atoms with van der Waals surface area (Å²) >= 11 is 3.45. The zero-order valence-corrected chi connectivity index (χ0v) is 16.9. The number of aryl methyl sites for hydroxylation is 1. The number of carbonyl (C=O) groups is 1. The highest BCUT2D eigenvalue weighted by atomic mass is 79.9. The highest BCUT2D eigenvalue weighted by Crippen LogP contribution is 2.38. The van der Waals surface area contributed by atoms with Crippen LogP contribution in [0, 0.1) is 6.92 Å². The van der Waals surface area contributed by atoms with Crippen molar-refractivity contribution < 1.29 is 14.3 Å². The van der Waals surface area contributed by atoms with E-state index in [1.807, 2.05) is 31.2 Å². The van der Waals surface area contributed by atoms with Gasteiger partial charge in [-0.3, -0.25) is 9.69 Å². The lowest BCUT2D eigenvalue weighted by atomic mass is 10.0. The van der Waals surface area contributed by atoms with Gasteiger partial charge in [0.1, 0.15) is 13.2 Å². The first-order valence-corrected chi connectivity index (χ1v) is 10.1. The van der Waals surface area contributed by atoms with E-state index in [0.29, 0.717) is 19.8 Å². The normalized spacial score (nSPS) is 19.1. The molecule has 2 aromatic rings. The van der Waals surface area contributed by atoms with Gasteiger partial charge in [0, 0.05) is 16.2 Å². The van der Waals surface area contributed by atoms with Crippen LogP contribution in [0.5, 0.6) is 11.5 Å². The molecule has 1 unspecified atom stereocenters. The van der Waals surface area contributed by atoms with Gasteiger partial charge in [-0.25, -0.2) is 0 Å². The van der Waals surface area contributed by atoms with E-state index in [2.05, 4.69) is 38.3 Å². The molecule has 2 heterocycles. The summed E-state index contributed by atoms with van der Waals surface area (Å²) in [5.41, 5.74) is 3.09. The van der Waals surface area contributed by atoms with E-state index in [1.165, 1.54) is 5.56 Å². The number of halogens is 1. The van der Waals surface area contributed by atoms with Gasteiger partial charge in [-0.05, 0) is 67.8 Å². The molecule has 2 aliphatic rings. The maximum atomic E-state index is 12.6. The molecular weight excluding hydrogens is 408 g/mol. The lowest BCUT2D eigenvalue weighted by molar-refractivity contribution is -0.117. The number of hydrogen-bond donors (Lipinski definition) is 1. The number of benzene rings is 2. The molecule has 2 aromatic carbocycles. The van der Waals surface area contributed by atoms with Crippen LogP contribution in [0.25, 0.3) is 0 Å². The van der Waals surface area contributed by atoms with Gasteiger partial charge in [0.05, 0.1) is 6.54 Å². The third kappa shape index (κ3) is 4.12. The standard InChI is InChI=1S/C21H23BrN2O3/c1-14-11-16(22)5-6-17(14)23-21(25)13-24-8-2-3-18(24)15-4-7-19-20(12-15)27-10-9-26-19/h4-7,11-12,18H,2-3,8-10,13H2,1H3,(H,23,25). The number of amides is 1. The topological polar surface area (TPSA) is 50.8 Å². The minimum Gasteiger partial charge on any atom is -0.486 e.